The molecule has 0 radical (unpaired) electrons. The molecular weight excluding hydrogens is 358 g/mol. The molecule has 0 fully saturated rings. The van der Waals surface area contributed by atoms with E-state index >= 15 is 0 Å². The Bertz CT molecular complexity index is 766. The van der Waals surface area contributed by atoms with Crippen molar-refractivity contribution in [2.75, 3.05) is 19.7 Å². The molecule has 0 aliphatic heterocycles. The van der Waals surface area contributed by atoms with Gasteiger partial charge in [0, 0.05) is 19.2 Å². The van der Waals surface area contributed by atoms with Gasteiger partial charge in [-0.25, -0.2) is 0 Å². The second-order valence-corrected chi connectivity index (χ2v) is 6.52. The van der Waals surface area contributed by atoms with Crippen LogP contribution < -0.4 is 15.8 Å². The molecule has 0 bridgehead atoms. The number of aryl methyl sites for hydroxylation is 1. The third-order valence-electron chi connectivity index (χ3n) is 4.27. The summed E-state index contributed by atoms with van der Waals surface area (Å²) < 4.78 is 5.27. The summed E-state index contributed by atoms with van der Waals surface area (Å²) in [5.41, 5.74) is 7.11. The Hall–Kier alpha value is -2.93. The molecule has 0 atom stereocenters. The minimum absolute atomic E-state index is 0.0992. The summed E-state index contributed by atoms with van der Waals surface area (Å²) in [7, 11) is 0. The largest absolute Gasteiger partial charge is 0.485 e. The van der Waals surface area contributed by atoms with Crippen molar-refractivity contribution in [3.05, 3.63) is 69.8 Å². The molecule has 0 aliphatic rings. The average Bonchev–Trinajstić information content (AvgIpc) is 2.70. The molecule has 0 unspecified atom stereocenters. The van der Waals surface area contributed by atoms with Gasteiger partial charge in [-0.05, 0) is 36.5 Å². The standard InChI is InChI=1S/C21H27N3O4/c22-12-14-28-20-11-10-18(15-19(20)24(26)27)16-21(25)23-13-6-2-5-9-17-7-3-1-4-8-17/h1,3-4,7-8,10-11,15H,2,5-6,9,12-14,16,22H2,(H,23,25). The second kappa shape index (κ2) is 11.7. The predicted molar refractivity (Wildman–Crippen MR) is 108 cm³/mol. The highest BCUT2D eigenvalue weighted by molar-refractivity contribution is 5.78. The minimum atomic E-state index is -0.514. The summed E-state index contributed by atoms with van der Waals surface area (Å²) in [5.74, 6) is 0.0195. The van der Waals surface area contributed by atoms with E-state index in [0.717, 1.165) is 25.7 Å². The Labute approximate surface area is 165 Å². The van der Waals surface area contributed by atoms with Gasteiger partial charge in [-0.2, -0.15) is 0 Å². The van der Waals surface area contributed by atoms with Crippen molar-refractivity contribution in [2.45, 2.75) is 32.1 Å². The van der Waals surface area contributed by atoms with Crippen LogP contribution in [-0.4, -0.2) is 30.5 Å². The van der Waals surface area contributed by atoms with Gasteiger partial charge in [0.05, 0.1) is 11.3 Å². The fraction of sp³-hybridized carbons (Fsp3) is 0.381. The number of nitro groups is 1. The Morgan fingerprint density at radius 1 is 1.07 bits per heavy atom. The van der Waals surface area contributed by atoms with Crippen LogP contribution >= 0.6 is 0 Å². The smallest absolute Gasteiger partial charge is 0.311 e. The van der Waals surface area contributed by atoms with Gasteiger partial charge >= 0.3 is 5.69 Å². The number of amides is 1. The number of nitrogens with one attached hydrogen (secondary N) is 1. The van der Waals surface area contributed by atoms with Crippen molar-refractivity contribution >= 4 is 11.6 Å². The van der Waals surface area contributed by atoms with Gasteiger partial charge in [-0.3, -0.25) is 14.9 Å². The number of hydrogen-bond acceptors (Lipinski definition) is 5. The van der Waals surface area contributed by atoms with Gasteiger partial charge < -0.3 is 15.8 Å². The number of ether oxygens (including phenoxy) is 1. The molecule has 3 N–H and O–H groups in total. The number of benzene rings is 2. The lowest BCUT2D eigenvalue weighted by Gasteiger charge is -2.08. The van der Waals surface area contributed by atoms with Crippen LogP contribution in [-0.2, 0) is 17.6 Å². The maximum absolute atomic E-state index is 12.1. The van der Waals surface area contributed by atoms with E-state index in [0.29, 0.717) is 12.1 Å². The molecule has 0 heterocycles. The van der Waals surface area contributed by atoms with Gasteiger partial charge in [0.15, 0.2) is 5.75 Å². The highest BCUT2D eigenvalue weighted by atomic mass is 16.6. The van der Waals surface area contributed by atoms with Crippen LogP contribution in [0.5, 0.6) is 5.75 Å². The summed E-state index contributed by atoms with van der Waals surface area (Å²) >= 11 is 0. The molecule has 0 saturated carbocycles. The van der Waals surface area contributed by atoms with E-state index in [4.69, 9.17) is 10.5 Å². The quantitative estimate of drug-likeness (QED) is 0.332. The summed E-state index contributed by atoms with van der Waals surface area (Å²) in [6.07, 6.45) is 4.16. The first-order valence-electron chi connectivity index (χ1n) is 9.51. The number of nitrogens with zero attached hydrogens (tertiary/aromatic N) is 1. The lowest BCUT2D eigenvalue weighted by Crippen LogP contribution is -2.26. The van der Waals surface area contributed by atoms with Gasteiger partial charge in [0.25, 0.3) is 0 Å². The average molecular weight is 385 g/mol. The van der Waals surface area contributed by atoms with Gasteiger partial charge in [-0.1, -0.05) is 42.8 Å². The Kier molecular flexibility index (Phi) is 8.94. The molecular formula is C21H27N3O4. The molecule has 0 aliphatic carbocycles. The molecule has 150 valence electrons. The van der Waals surface area contributed by atoms with Crippen LogP contribution in [0.15, 0.2) is 48.5 Å². The Morgan fingerprint density at radius 3 is 2.57 bits per heavy atom. The van der Waals surface area contributed by atoms with Gasteiger partial charge in [0.1, 0.15) is 6.61 Å². The van der Waals surface area contributed by atoms with Crippen LogP contribution in [0, 0.1) is 10.1 Å². The van der Waals surface area contributed by atoms with Crippen LogP contribution in [0.4, 0.5) is 5.69 Å². The number of hydrogen-bond donors (Lipinski definition) is 2. The summed E-state index contributed by atoms with van der Waals surface area (Å²) in [4.78, 5) is 22.8. The zero-order valence-corrected chi connectivity index (χ0v) is 15.9. The molecule has 1 amide bonds. The summed E-state index contributed by atoms with van der Waals surface area (Å²) in [5, 5.41) is 14.1. The molecule has 2 rings (SSSR count). The molecule has 2 aromatic rings. The number of carbonyl (C=O) groups excluding carboxylic acids is 1. The lowest BCUT2D eigenvalue weighted by molar-refractivity contribution is -0.385. The lowest BCUT2D eigenvalue weighted by atomic mass is 10.1. The van der Waals surface area contributed by atoms with Crippen molar-refractivity contribution < 1.29 is 14.5 Å². The van der Waals surface area contributed by atoms with E-state index in [2.05, 4.69) is 17.4 Å². The van der Waals surface area contributed by atoms with Gasteiger partial charge in [0.2, 0.25) is 5.91 Å². The SMILES string of the molecule is NCCOc1ccc(CC(=O)NCCCCCc2ccccc2)cc1[N+](=O)[O-]. The fourth-order valence-electron chi connectivity index (χ4n) is 2.86. The fourth-order valence-corrected chi connectivity index (χ4v) is 2.86. The number of unbranched alkanes of at least 4 members (excludes halogenated alkanes) is 2. The number of nitrogens with two attached hydrogens (primary N) is 1. The first kappa shape index (κ1) is 21.4. The molecule has 0 aromatic heterocycles. The molecule has 28 heavy (non-hydrogen) atoms. The van der Waals surface area contributed by atoms with Crippen molar-refractivity contribution in [1.29, 1.82) is 0 Å². The zero-order valence-electron chi connectivity index (χ0n) is 15.9. The zero-order chi connectivity index (χ0) is 20.2. The maximum Gasteiger partial charge on any atom is 0.311 e. The van der Waals surface area contributed by atoms with Crippen molar-refractivity contribution in [3.63, 3.8) is 0 Å². The number of nitro benzene ring substituents is 1. The van der Waals surface area contributed by atoms with Crippen molar-refractivity contribution in [3.8, 4) is 5.75 Å². The van der Waals surface area contributed by atoms with E-state index in [9.17, 15) is 14.9 Å². The third-order valence-corrected chi connectivity index (χ3v) is 4.27. The monoisotopic (exact) mass is 385 g/mol. The number of carbonyl (C=O) groups is 1. The first-order valence-corrected chi connectivity index (χ1v) is 9.51. The maximum atomic E-state index is 12.1. The minimum Gasteiger partial charge on any atom is -0.485 e. The van der Waals surface area contributed by atoms with Crippen LogP contribution in [0.1, 0.15) is 30.4 Å². The third kappa shape index (κ3) is 7.36. The van der Waals surface area contributed by atoms with Crippen LogP contribution in [0.3, 0.4) is 0 Å². The number of rotatable bonds is 12. The second-order valence-electron chi connectivity index (χ2n) is 6.52. The first-order chi connectivity index (χ1) is 13.6. The highest BCUT2D eigenvalue weighted by Crippen LogP contribution is 2.28. The topological polar surface area (TPSA) is 107 Å². The van der Waals surface area contributed by atoms with E-state index in [1.54, 1.807) is 6.07 Å². The molecule has 0 saturated heterocycles. The van der Waals surface area contributed by atoms with E-state index in [1.807, 2.05) is 18.2 Å². The predicted octanol–water partition coefficient (Wildman–Crippen LogP) is 3.00. The van der Waals surface area contributed by atoms with Crippen LogP contribution in [0.2, 0.25) is 0 Å². The molecule has 7 nitrogen and oxygen atoms in total. The normalized spacial score (nSPS) is 10.5. The van der Waals surface area contributed by atoms with Crippen LogP contribution in [0.25, 0.3) is 0 Å². The highest BCUT2D eigenvalue weighted by Gasteiger charge is 2.17. The summed E-state index contributed by atoms with van der Waals surface area (Å²) in [6, 6.07) is 14.9. The van der Waals surface area contributed by atoms with E-state index in [1.165, 1.54) is 17.7 Å². The van der Waals surface area contributed by atoms with Gasteiger partial charge in [-0.15, -0.1) is 0 Å². The Morgan fingerprint density at radius 2 is 1.86 bits per heavy atom. The van der Waals surface area contributed by atoms with E-state index < -0.39 is 4.92 Å². The summed E-state index contributed by atoms with van der Waals surface area (Å²) in [6.45, 7) is 1.07. The van der Waals surface area contributed by atoms with Crippen molar-refractivity contribution in [1.82, 2.24) is 5.32 Å². The van der Waals surface area contributed by atoms with E-state index in [-0.39, 0.29) is 36.9 Å². The molecule has 0 spiro atoms. The molecule has 7 heteroatoms. The van der Waals surface area contributed by atoms with Crippen molar-refractivity contribution in [2.24, 2.45) is 5.73 Å². The Balaban J connectivity index is 1.72. The molecule has 2 aromatic carbocycles.